The Morgan fingerprint density at radius 3 is 2.82 bits per heavy atom. The summed E-state index contributed by atoms with van der Waals surface area (Å²) < 4.78 is 11.0. The second-order valence-corrected chi connectivity index (χ2v) is 5.62. The van der Waals surface area contributed by atoms with Crippen LogP contribution >= 0.6 is 21.6 Å². The highest BCUT2D eigenvalue weighted by Gasteiger charge is 1.90. The molecule has 0 heterocycles. The first kappa shape index (κ1) is 11.3. The first-order valence-electron chi connectivity index (χ1n) is 3.11. The normalized spacial score (nSPS) is 13.5. The van der Waals surface area contributed by atoms with E-state index in [4.69, 9.17) is 0 Å². The lowest BCUT2D eigenvalue weighted by Gasteiger charge is -1.90. The van der Waals surface area contributed by atoms with Crippen LogP contribution in [0.4, 0.5) is 0 Å². The van der Waals surface area contributed by atoms with E-state index in [1.54, 1.807) is 27.7 Å². The van der Waals surface area contributed by atoms with Crippen molar-refractivity contribution in [1.29, 1.82) is 0 Å². The molecule has 0 bridgehead atoms. The van der Waals surface area contributed by atoms with Gasteiger partial charge in [-0.25, -0.2) is 0 Å². The minimum Gasteiger partial charge on any atom is -0.259 e. The van der Waals surface area contributed by atoms with Crippen LogP contribution < -0.4 is 0 Å². The molecule has 64 valence electrons. The third-order valence-corrected chi connectivity index (χ3v) is 3.41. The predicted octanol–water partition coefficient (Wildman–Crippen LogP) is 2.45. The van der Waals surface area contributed by atoms with Gasteiger partial charge in [0.15, 0.2) is 0 Å². The van der Waals surface area contributed by atoms with Crippen LogP contribution in [0, 0.1) is 0 Å². The molecule has 0 fully saturated rings. The minimum absolute atomic E-state index is 0.592. The van der Waals surface area contributed by atoms with Crippen LogP contribution in [-0.4, -0.2) is 22.0 Å². The Balaban J connectivity index is 3.36. The molecule has 0 aromatic carbocycles. The lowest BCUT2D eigenvalue weighted by molar-refractivity contribution is 0.687. The summed E-state index contributed by atoms with van der Waals surface area (Å²) in [5.41, 5.74) is 0. The molecule has 1 atom stereocenters. The summed E-state index contributed by atoms with van der Waals surface area (Å²) >= 11 is 0. The quantitative estimate of drug-likeness (QED) is 0.493. The largest absolute Gasteiger partial charge is 0.259 e. The molecule has 0 saturated carbocycles. The predicted molar refractivity (Wildman–Crippen MR) is 58.3 cm³/mol. The molecule has 0 aromatic rings. The number of hydrogen-bond donors (Lipinski definition) is 0. The van der Waals surface area contributed by atoms with E-state index < -0.39 is 10.8 Å². The van der Waals surface area contributed by atoms with Crippen molar-refractivity contribution in [3.63, 3.8) is 0 Å². The maximum absolute atomic E-state index is 11.0. The van der Waals surface area contributed by atoms with Crippen molar-refractivity contribution in [3.8, 4) is 0 Å². The van der Waals surface area contributed by atoms with Crippen molar-refractivity contribution in [3.05, 3.63) is 24.1 Å². The average Bonchev–Trinajstić information content (AvgIpc) is 1.99. The van der Waals surface area contributed by atoms with E-state index in [9.17, 15) is 4.21 Å². The molecule has 0 spiro atoms. The first-order chi connectivity index (χ1) is 5.31. The fourth-order valence-corrected chi connectivity index (χ4v) is 2.13. The Morgan fingerprint density at radius 1 is 1.55 bits per heavy atom. The van der Waals surface area contributed by atoms with Gasteiger partial charge in [-0.15, -0.1) is 6.58 Å². The summed E-state index contributed by atoms with van der Waals surface area (Å²) in [4.78, 5) is 0. The van der Waals surface area contributed by atoms with Gasteiger partial charge >= 0.3 is 0 Å². The second-order valence-electron chi connectivity index (χ2n) is 1.70. The lowest BCUT2D eigenvalue weighted by Crippen LogP contribution is -1.96. The third kappa shape index (κ3) is 8.23. The Labute approximate surface area is 78.6 Å². The summed E-state index contributed by atoms with van der Waals surface area (Å²) in [6, 6.07) is 0. The average molecular weight is 208 g/mol. The van der Waals surface area contributed by atoms with Gasteiger partial charge in [-0.3, -0.25) is 4.21 Å². The first-order valence-corrected chi connectivity index (χ1v) is 7.22. The maximum Gasteiger partial charge on any atom is 0.0426 e. The number of hydrogen-bond acceptors (Lipinski definition) is 3. The van der Waals surface area contributed by atoms with E-state index in [1.165, 1.54) is 0 Å². The smallest absolute Gasteiger partial charge is 0.0426 e. The van der Waals surface area contributed by atoms with Crippen LogP contribution in [0.5, 0.6) is 0 Å². The summed E-state index contributed by atoms with van der Waals surface area (Å²) in [7, 11) is 2.57. The Bertz CT molecular complexity index is 154. The molecule has 0 aliphatic carbocycles. The maximum atomic E-state index is 11.0. The van der Waals surface area contributed by atoms with Crippen LogP contribution in [0.1, 0.15) is 0 Å². The van der Waals surface area contributed by atoms with E-state index in [0.717, 1.165) is 0 Å². The second kappa shape index (κ2) is 8.43. The molecule has 11 heavy (non-hydrogen) atoms. The molecule has 0 aliphatic heterocycles. The van der Waals surface area contributed by atoms with Crippen molar-refractivity contribution in [2.75, 3.05) is 17.8 Å². The van der Waals surface area contributed by atoms with Crippen molar-refractivity contribution < 1.29 is 4.21 Å². The molecular formula is C7H12OS3. The topological polar surface area (TPSA) is 17.1 Å². The van der Waals surface area contributed by atoms with Gasteiger partial charge in [-0.1, -0.05) is 33.7 Å². The highest BCUT2D eigenvalue weighted by molar-refractivity contribution is 8.77. The van der Waals surface area contributed by atoms with Gasteiger partial charge in [0.05, 0.1) is 0 Å². The lowest BCUT2D eigenvalue weighted by atomic mass is 10.8. The summed E-state index contributed by atoms with van der Waals surface area (Å²) in [5.74, 6) is 1.23. The van der Waals surface area contributed by atoms with Crippen LogP contribution in [0.15, 0.2) is 24.1 Å². The molecule has 4 heteroatoms. The van der Waals surface area contributed by atoms with Crippen molar-refractivity contribution >= 4 is 32.4 Å². The molecule has 0 radical (unpaired) electrons. The third-order valence-electron chi connectivity index (χ3n) is 0.834. The highest BCUT2D eigenvalue weighted by atomic mass is 33.1. The molecule has 0 aliphatic rings. The van der Waals surface area contributed by atoms with E-state index in [2.05, 4.69) is 6.58 Å². The van der Waals surface area contributed by atoms with Crippen molar-refractivity contribution in [2.45, 2.75) is 0 Å². The van der Waals surface area contributed by atoms with Gasteiger partial charge in [-0.05, 0) is 11.7 Å². The summed E-state index contributed by atoms with van der Waals surface area (Å²) in [5, 5.41) is 1.96. The van der Waals surface area contributed by atoms with Gasteiger partial charge < -0.3 is 0 Å². The SMILES string of the molecule is C=CC[S@](=O)C/C=C\SSC. The van der Waals surface area contributed by atoms with Crippen LogP contribution in [0.2, 0.25) is 0 Å². The summed E-state index contributed by atoms with van der Waals surface area (Å²) in [6.07, 6.45) is 5.63. The Kier molecular flexibility index (Phi) is 8.68. The van der Waals surface area contributed by atoms with Gasteiger partial charge in [0, 0.05) is 22.3 Å². The highest BCUT2D eigenvalue weighted by Crippen LogP contribution is 2.17. The van der Waals surface area contributed by atoms with E-state index in [0.29, 0.717) is 11.5 Å². The monoisotopic (exact) mass is 208 g/mol. The summed E-state index contributed by atoms with van der Waals surface area (Å²) in [6.45, 7) is 3.52. The van der Waals surface area contributed by atoms with E-state index in [1.807, 2.05) is 17.7 Å². The fraction of sp³-hybridized carbons (Fsp3) is 0.429. The molecular weight excluding hydrogens is 196 g/mol. The molecule has 0 saturated heterocycles. The van der Waals surface area contributed by atoms with E-state index >= 15 is 0 Å². The van der Waals surface area contributed by atoms with Gasteiger partial charge in [0.25, 0.3) is 0 Å². The zero-order valence-electron chi connectivity index (χ0n) is 6.49. The zero-order valence-corrected chi connectivity index (χ0v) is 8.94. The minimum atomic E-state index is -0.751. The van der Waals surface area contributed by atoms with Crippen molar-refractivity contribution in [2.24, 2.45) is 0 Å². The standard InChI is InChI=1S/C7H12OS3/c1-3-6-11(8)7-4-5-10-9-2/h3-5H,1,6-7H2,2H3/b5-4-/t11-/m0/s1. The van der Waals surface area contributed by atoms with Gasteiger partial charge in [0.1, 0.15) is 0 Å². The molecule has 0 aromatic heterocycles. The Morgan fingerprint density at radius 2 is 2.27 bits per heavy atom. The molecule has 0 amide bonds. The molecule has 0 rings (SSSR count). The zero-order chi connectivity index (χ0) is 8.53. The Hall–Kier alpha value is 0.330. The number of rotatable bonds is 6. The van der Waals surface area contributed by atoms with Crippen LogP contribution in [-0.2, 0) is 10.8 Å². The molecule has 0 N–H and O–H groups in total. The van der Waals surface area contributed by atoms with Crippen LogP contribution in [0.25, 0.3) is 0 Å². The van der Waals surface area contributed by atoms with Crippen molar-refractivity contribution in [1.82, 2.24) is 0 Å². The van der Waals surface area contributed by atoms with Crippen LogP contribution in [0.3, 0.4) is 0 Å². The van der Waals surface area contributed by atoms with E-state index in [-0.39, 0.29) is 0 Å². The fourth-order valence-electron chi connectivity index (χ4n) is 0.441. The van der Waals surface area contributed by atoms with Gasteiger partial charge in [0.2, 0.25) is 0 Å². The molecule has 0 unspecified atom stereocenters. The van der Waals surface area contributed by atoms with Gasteiger partial charge in [-0.2, -0.15) is 0 Å². The molecule has 1 nitrogen and oxygen atoms in total.